The Bertz CT molecular complexity index is 162. The third-order valence-electron chi connectivity index (χ3n) is 1.52. The highest BCUT2D eigenvalue weighted by atomic mass is 19.3. The quantitative estimate of drug-likeness (QED) is 0.504. The van der Waals surface area contributed by atoms with E-state index < -0.39 is 5.92 Å². The Morgan fingerprint density at radius 1 is 1.60 bits per heavy atom. The summed E-state index contributed by atoms with van der Waals surface area (Å²) in [5.41, 5.74) is 0. The van der Waals surface area contributed by atoms with Crippen LogP contribution in [-0.4, -0.2) is 30.6 Å². The summed E-state index contributed by atoms with van der Waals surface area (Å²) in [6, 6.07) is 0. The number of alkyl halides is 2. The Balaban J connectivity index is 2.38. The van der Waals surface area contributed by atoms with Crippen molar-refractivity contribution in [1.82, 2.24) is 4.90 Å². The SMILES string of the molecule is [C-]#[N+]CN1CCC(F)(F)C1. The maximum Gasteiger partial charge on any atom is 0.270 e. The van der Waals surface area contributed by atoms with E-state index in [-0.39, 0.29) is 19.6 Å². The van der Waals surface area contributed by atoms with Crippen LogP contribution >= 0.6 is 0 Å². The smallest absolute Gasteiger partial charge is 0.270 e. The van der Waals surface area contributed by atoms with Gasteiger partial charge in [-0.25, -0.2) is 20.3 Å². The van der Waals surface area contributed by atoms with Gasteiger partial charge in [0.05, 0.1) is 6.54 Å². The highest BCUT2D eigenvalue weighted by molar-refractivity contribution is 4.82. The molecule has 0 radical (unpaired) electrons. The van der Waals surface area contributed by atoms with Crippen molar-refractivity contribution in [2.75, 3.05) is 19.8 Å². The summed E-state index contributed by atoms with van der Waals surface area (Å²) in [4.78, 5) is 4.49. The molecule has 0 saturated carbocycles. The first-order valence-electron chi connectivity index (χ1n) is 3.07. The molecule has 0 aliphatic carbocycles. The molecule has 0 unspecified atom stereocenters. The average Bonchev–Trinajstić information content (AvgIpc) is 2.12. The van der Waals surface area contributed by atoms with Crippen molar-refractivity contribution in [2.45, 2.75) is 12.3 Å². The fraction of sp³-hybridized carbons (Fsp3) is 0.833. The van der Waals surface area contributed by atoms with Gasteiger partial charge in [-0.05, 0) is 0 Å². The van der Waals surface area contributed by atoms with Gasteiger partial charge in [0.1, 0.15) is 0 Å². The normalized spacial score (nSPS) is 24.5. The monoisotopic (exact) mass is 146 g/mol. The lowest BCUT2D eigenvalue weighted by atomic mass is 10.3. The van der Waals surface area contributed by atoms with Crippen LogP contribution in [0.25, 0.3) is 4.85 Å². The highest BCUT2D eigenvalue weighted by Crippen LogP contribution is 2.26. The molecule has 4 heteroatoms. The Morgan fingerprint density at radius 2 is 2.30 bits per heavy atom. The molecular weight excluding hydrogens is 138 g/mol. The third kappa shape index (κ3) is 1.64. The van der Waals surface area contributed by atoms with Gasteiger partial charge in [-0.1, -0.05) is 0 Å². The predicted octanol–water partition coefficient (Wildman–Crippen LogP) is 1.20. The molecule has 0 atom stereocenters. The van der Waals surface area contributed by atoms with Gasteiger partial charge in [0.15, 0.2) is 0 Å². The van der Waals surface area contributed by atoms with Gasteiger partial charge in [0, 0.05) is 13.0 Å². The largest absolute Gasteiger partial charge is 0.299 e. The molecule has 1 aliphatic rings. The first-order valence-corrected chi connectivity index (χ1v) is 3.07. The van der Waals surface area contributed by atoms with E-state index in [4.69, 9.17) is 6.57 Å². The molecule has 0 amide bonds. The van der Waals surface area contributed by atoms with Crippen LogP contribution in [0.2, 0.25) is 0 Å². The zero-order valence-electron chi connectivity index (χ0n) is 5.48. The minimum Gasteiger partial charge on any atom is -0.299 e. The second kappa shape index (κ2) is 2.51. The minimum absolute atomic E-state index is 0.0947. The molecular formula is C6H8F2N2. The maximum atomic E-state index is 12.4. The van der Waals surface area contributed by atoms with Gasteiger partial charge in [-0.2, -0.15) is 0 Å². The lowest BCUT2D eigenvalue weighted by Crippen LogP contribution is -2.24. The molecule has 1 fully saturated rings. The van der Waals surface area contributed by atoms with E-state index in [1.54, 1.807) is 0 Å². The second-order valence-electron chi connectivity index (χ2n) is 2.46. The second-order valence-corrected chi connectivity index (χ2v) is 2.46. The molecule has 0 aromatic carbocycles. The number of hydrogen-bond acceptors (Lipinski definition) is 1. The van der Waals surface area contributed by atoms with Crippen LogP contribution in [0, 0.1) is 6.57 Å². The zero-order chi connectivity index (χ0) is 7.61. The molecule has 1 saturated heterocycles. The van der Waals surface area contributed by atoms with E-state index >= 15 is 0 Å². The van der Waals surface area contributed by atoms with E-state index in [1.807, 2.05) is 0 Å². The topological polar surface area (TPSA) is 7.60 Å². The van der Waals surface area contributed by atoms with Gasteiger partial charge in [-0.15, -0.1) is 0 Å². The van der Waals surface area contributed by atoms with Gasteiger partial charge >= 0.3 is 0 Å². The van der Waals surface area contributed by atoms with Gasteiger partial charge in [0.25, 0.3) is 12.6 Å². The van der Waals surface area contributed by atoms with Crippen molar-refractivity contribution in [1.29, 1.82) is 0 Å². The lowest BCUT2D eigenvalue weighted by Gasteiger charge is -2.07. The molecule has 1 heterocycles. The maximum absolute atomic E-state index is 12.4. The van der Waals surface area contributed by atoms with Gasteiger partial charge in [-0.3, -0.25) is 4.85 Å². The van der Waals surface area contributed by atoms with Crippen LogP contribution in [0.15, 0.2) is 0 Å². The van der Waals surface area contributed by atoms with Crippen LogP contribution in [0.3, 0.4) is 0 Å². The zero-order valence-corrected chi connectivity index (χ0v) is 5.48. The standard InChI is InChI=1S/C6H8F2N2/c1-9-5-10-3-2-6(7,8)4-10/h2-5H2. The third-order valence-corrected chi connectivity index (χ3v) is 1.52. The fourth-order valence-electron chi connectivity index (χ4n) is 1.03. The molecule has 1 rings (SSSR count). The molecule has 2 nitrogen and oxygen atoms in total. The Hall–Kier alpha value is -0.690. The van der Waals surface area contributed by atoms with Crippen molar-refractivity contribution in [3.05, 3.63) is 11.4 Å². The van der Waals surface area contributed by atoms with Crippen molar-refractivity contribution in [3.63, 3.8) is 0 Å². The lowest BCUT2D eigenvalue weighted by molar-refractivity contribution is 0.0132. The van der Waals surface area contributed by atoms with Crippen molar-refractivity contribution in [2.24, 2.45) is 0 Å². The van der Waals surface area contributed by atoms with Crippen LogP contribution in [-0.2, 0) is 0 Å². The molecule has 10 heavy (non-hydrogen) atoms. The van der Waals surface area contributed by atoms with E-state index in [1.165, 1.54) is 4.90 Å². The number of rotatable bonds is 1. The highest BCUT2D eigenvalue weighted by Gasteiger charge is 2.38. The molecule has 0 aromatic heterocycles. The summed E-state index contributed by atoms with van der Waals surface area (Å²) in [6.07, 6.45) is -0.0947. The molecule has 0 bridgehead atoms. The van der Waals surface area contributed by atoms with E-state index in [0.29, 0.717) is 6.54 Å². The number of hydrogen-bond donors (Lipinski definition) is 0. The summed E-state index contributed by atoms with van der Waals surface area (Å²) in [7, 11) is 0. The predicted molar refractivity (Wildman–Crippen MR) is 32.6 cm³/mol. The Labute approximate surface area is 58.3 Å². The summed E-state index contributed by atoms with van der Waals surface area (Å²) in [6.45, 7) is 6.66. The van der Waals surface area contributed by atoms with Crippen molar-refractivity contribution >= 4 is 0 Å². The van der Waals surface area contributed by atoms with Gasteiger partial charge < -0.3 is 0 Å². The summed E-state index contributed by atoms with van der Waals surface area (Å²) in [5.74, 6) is -2.55. The van der Waals surface area contributed by atoms with Crippen LogP contribution in [0.1, 0.15) is 6.42 Å². The fourth-order valence-corrected chi connectivity index (χ4v) is 1.03. The number of likely N-dealkylation sites (tertiary alicyclic amines) is 1. The van der Waals surface area contributed by atoms with Crippen molar-refractivity contribution < 1.29 is 8.78 Å². The molecule has 56 valence electrons. The summed E-state index contributed by atoms with van der Waals surface area (Å²) in [5, 5.41) is 0. The number of halogens is 2. The van der Waals surface area contributed by atoms with Crippen LogP contribution in [0.5, 0.6) is 0 Å². The molecule has 0 aromatic rings. The summed E-state index contributed by atoms with van der Waals surface area (Å²) >= 11 is 0. The number of nitrogens with zero attached hydrogens (tertiary/aromatic N) is 2. The Kier molecular flexibility index (Phi) is 1.86. The van der Waals surface area contributed by atoms with E-state index in [9.17, 15) is 8.78 Å². The first-order chi connectivity index (χ1) is 4.64. The first kappa shape index (κ1) is 7.42. The van der Waals surface area contributed by atoms with Gasteiger partial charge in [0.2, 0.25) is 0 Å². The average molecular weight is 146 g/mol. The minimum atomic E-state index is -2.55. The van der Waals surface area contributed by atoms with Crippen LogP contribution < -0.4 is 0 Å². The molecule has 1 aliphatic heterocycles. The van der Waals surface area contributed by atoms with Crippen molar-refractivity contribution in [3.8, 4) is 0 Å². The van der Waals surface area contributed by atoms with E-state index in [0.717, 1.165) is 0 Å². The molecule has 0 spiro atoms. The van der Waals surface area contributed by atoms with Crippen LogP contribution in [0.4, 0.5) is 8.78 Å². The molecule has 0 N–H and O–H groups in total. The Morgan fingerprint density at radius 3 is 2.70 bits per heavy atom. The summed E-state index contributed by atoms with van der Waals surface area (Å²) < 4.78 is 24.7. The van der Waals surface area contributed by atoms with E-state index in [2.05, 4.69) is 4.85 Å².